The van der Waals surface area contributed by atoms with Gasteiger partial charge in [0.25, 0.3) is 0 Å². The molecule has 4 aliphatic carbocycles. The van der Waals surface area contributed by atoms with Crippen molar-refractivity contribution in [2.24, 2.45) is 17.8 Å². The van der Waals surface area contributed by atoms with Crippen LogP contribution >= 0.6 is 15.9 Å². The molecule has 19 heavy (non-hydrogen) atoms. The summed E-state index contributed by atoms with van der Waals surface area (Å²) < 4.78 is 0. The lowest BCUT2D eigenvalue weighted by atomic mass is 9.49. The van der Waals surface area contributed by atoms with Crippen LogP contribution in [-0.2, 0) is 10.7 Å². The summed E-state index contributed by atoms with van der Waals surface area (Å²) in [7, 11) is 0. The molecule has 0 aromatic carbocycles. The Hall–Kier alpha value is -0.440. The maximum absolute atomic E-state index is 4.89. The van der Waals surface area contributed by atoms with Crippen molar-refractivity contribution >= 4 is 15.9 Å². The Labute approximate surface area is 123 Å². The summed E-state index contributed by atoms with van der Waals surface area (Å²) in [6.45, 7) is 2.13. The van der Waals surface area contributed by atoms with Gasteiger partial charge in [0.2, 0.25) is 0 Å². The summed E-state index contributed by atoms with van der Waals surface area (Å²) in [4.78, 5) is 9.65. The number of aromatic nitrogens is 2. The molecule has 3 heteroatoms. The summed E-state index contributed by atoms with van der Waals surface area (Å²) in [5, 5.41) is 0.861. The Morgan fingerprint density at radius 2 is 1.74 bits per heavy atom. The van der Waals surface area contributed by atoms with Crippen molar-refractivity contribution in [1.82, 2.24) is 9.97 Å². The summed E-state index contributed by atoms with van der Waals surface area (Å²) in [5.41, 5.74) is 2.73. The van der Waals surface area contributed by atoms with Crippen LogP contribution in [0.5, 0.6) is 0 Å². The highest BCUT2D eigenvalue weighted by atomic mass is 79.9. The second-order valence-electron chi connectivity index (χ2n) is 7.14. The Balaban J connectivity index is 1.73. The lowest BCUT2D eigenvalue weighted by Crippen LogP contribution is -2.49. The molecule has 1 heterocycles. The third kappa shape index (κ3) is 1.88. The van der Waals surface area contributed by atoms with E-state index in [4.69, 9.17) is 9.97 Å². The van der Waals surface area contributed by atoms with Gasteiger partial charge in [-0.15, -0.1) is 0 Å². The normalized spacial score (nSPS) is 39.8. The van der Waals surface area contributed by atoms with E-state index >= 15 is 0 Å². The quantitative estimate of drug-likeness (QED) is 0.765. The van der Waals surface area contributed by atoms with E-state index in [1.165, 1.54) is 44.1 Å². The number of rotatable bonds is 2. The molecule has 4 aliphatic rings. The van der Waals surface area contributed by atoms with Crippen LogP contribution in [0.4, 0.5) is 0 Å². The predicted octanol–water partition coefficient (Wildman–Crippen LogP) is 4.15. The zero-order valence-corrected chi connectivity index (χ0v) is 13.1. The molecule has 0 saturated heterocycles. The van der Waals surface area contributed by atoms with E-state index < -0.39 is 0 Å². The number of nitrogens with zero attached hydrogens (tertiary/aromatic N) is 2. The van der Waals surface area contributed by atoms with Gasteiger partial charge in [0.05, 0.1) is 0 Å². The van der Waals surface area contributed by atoms with Crippen molar-refractivity contribution in [1.29, 1.82) is 0 Å². The van der Waals surface area contributed by atoms with Crippen molar-refractivity contribution in [2.45, 2.75) is 56.2 Å². The summed E-state index contributed by atoms with van der Waals surface area (Å²) in [5.74, 6) is 4.05. The lowest BCUT2D eigenvalue weighted by Gasteiger charge is -2.56. The molecule has 0 amide bonds. The Morgan fingerprint density at radius 1 is 1.16 bits per heavy atom. The van der Waals surface area contributed by atoms with Crippen LogP contribution < -0.4 is 0 Å². The van der Waals surface area contributed by atoms with Crippen molar-refractivity contribution in [3.05, 3.63) is 23.3 Å². The second-order valence-corrected chi connectivity index (χ2v) is 7.70. The van der Waals surface area contributed by atoms with Gasteiger partial charge in [0, 0.05) is 28.2 Å². The van der Waals surface area contributed by atoms with E-state index in [1.54, 1.807) is 0 Å². The summed E-state index contributed by atoms with van der Waals surface area (Å²) in [6, 6.07) is 0. The standard InChI is InChI=1S/C16H21BrN2/c1-10-14(8-17)9-18-15(19-10)16-5-11-2-12(6-16)4-13(3-11)7-16/h9,11-13H,2-8H2,1H3. The van der Waals surface area contributed by atoms with Gasteiger partial charge in [0.1, 0.15) is 5.82 Å². The highest BCUT2D eigenvalue weighted by Crippen LogP contribution is 2.60. The zero-order chi connectivity index (χ0) is 13.0. The van der Waals surface area contributed by atoms with Crippen molar-refractivity contribution in [3.8, 4) is 0 Å². The van der Waals surface area contributed by atoms with E-state index in [0.29, 0.717) is 5.41 Å². The third-order valence-electron chi connectivity index (χ3n) is 5.74. The number of aryl methyl sites for hydroxylation is 1. The fraction of sp³-hybridized carbons (Fsp3) is 0.750. The van der Waals surface area contributed by atoms with Crippen LogP contribution in [0.15, 0.2) is 6.20 Å². The number of halogens is 1. The van der Waals surface area contributed by atoms with E-state index in [0.717, 1.165) is 34.6 Å². The van der Waals surface area contributed by atoms with E-state index in [1.807, 2.05) is 6.20 Å². The third-order valence-corrected chi connectivity index (χ3v) is 6.34. The first-order chi connectivity index (χ1) is 9.18. The first kappa shape index (κ1) is 12.3. The van der Waals surface area contributed by atoms with Gasteiger partial charge in [-0.25, -0.2) is 9.97 Å². The molecular formula is C16H21BrN2. The molecule has 2 nitrogen and oxygen atoms in total. The molecule has 4 saturated carbocycles. The maximum Gasteiger partial charge on any atom is 0.134 e. The molecule has 4 fully saturated rings. The minimum Gasteiger partial charge on any atom is -0.240 e. The number of hydrogen-bond donors (Lipinski definition) is 0. The summed E-state index contributed by atoms with van der Waals surface area (Å²) in [6.07, 6.45) is 10.6. The minimum atomic E-state index is 0.338. The number of alkyl halides is 1. The predicted molar refractivity (Wildman–Crippen MR) is 79.3 cm³/mol. The van der Waals surface area contributed by atoms with Crippen molar-refractivity contribution in [3.63, 3.8) is 0 Å². The molecule has 0 spiro atoms. The van der Waals surface area contributed by atoms with Crippen molar-refractivity contribution in [2.75, 3.05) is 0 Å². The molecule has 4 bridgehead atoms. The average molecular weight is 321 g/mol. The molecule has 0 radical (unpaired) electrons. The van der Waals surface area contributed by atoms with Crippen LogP contribution in [0.25, 0.3) is 0 Å². The van der Waals surface area contributed by atoms with E-state index in [-0.39, 0.29) is 0 Å². The Bertz CT molecular complexity index is 476. The zero-order valence-electron chi connectivity index (χ0n) is 11.5. The number of hydrogen-bond acceptors (Lipinski definition) is 2. The monoisotopic (exact) mass is 320 g/mol. The van der Waals surface area contributed by atoms with Crippen LogP contribution in [0.1, 0.15) is 55.6 Å². The van der Waals surface area contributed by atoms with Crippen LogP contribution in [0, 0.1) is 24.7 Å². The first-order valence-electron chi connectivity index (χ1n) is 7.57. The molecule has 1 aromatic rings. The van der Waals surface area contributed by atoms with E-state index in [2.05, 4.69) is 22.9 Å². The Morgan fingerprint density at radius 3 is 2.21 bits per heavy atom. The van der Waals surface area contributed by atoms with Gasteiger partial charge >= 0.3 is 0 Å². The fourth-order valence-corrected chi connectivity index (χ4v) is 5.81. The van der Waals surface area contributed by atoms with Gasteiger partial charge in [-0.1, -0.05) is 15.9 Å². The largest absolute Gasteiger partial charge is 0.240 e. The lowest BCUT2D eigenvalue weighted by molar-refractivity contribution is -0.00949. The first-order valence-corrected chi connectivity index (χ1v) is 8.69. The molecule has 0 N–H and O–H groups in total. The average Bonchev–Trinajstić information content (AvgIpc) is 2.37. The maximum atomic E-state index is 4.89. The highest BCUT2D eigenvalue weighted by Gasteiger charge is 2.53. The molecule has 0 unspecified atom stereocenters. The van der Waals surface area contributed by atoms with Gasteiger partial charge in [0.15, 0.2) is 0 Å². The Kier molecular flexibility index (Phi) is 2.77. The topological polar surface area (TPSA) is 25.8 Å². The molecular weight excluding hydrogens is 300 g/mol. The van der Waals surface area contributed by atoms with Crippen LogP contribution in [0.2, 0.25) is 0 Å². The van der Waals surface area contributed by atoms with Gasteiger partial charge in [-0.05, 0) is 63.2 Å². The van der Waals surface area contributed by atoms with Gasteiger partial charge < -0.3 is 0 Å². The van der Waals surface area contributed by atoms with E-state index in [9.17, 15) is 0 Å². The molecule has 0 atom stereocenters. The molecule has 102 valence electrons. The van der Waals surface area contributed by atoms with Crippen LogP contribution in [-0.4, -0.2) is 9.97 Å². The highest BCUT2D eigenvalue weighted by molar-refractivity contribution is 9.08. The summed E-state index contributed by atoms with van der Waals surface area (Å²) >= 11 is 3.52. The SMILES string of the molecule is Cc1nc(C23CC4CC(CC(C4)C2)C3)ncc1CBr. The molecule has 5 rings (SSSR count). The van der Waals surface area contributed by atoms with Gasteiger partial charge in [-0.2, -0.15) is 0 Å². The second kappa shape index (κ2) is 4.28. The molecule has 0 aliphatic heterocycles. The minimum absolute atomic E-state index is 0.338. The molecule has 1 aromatic heterocycles. The van der Waals surface area contributed by atoms with Crippen LogP contribution in [0.3, 0.4) is 0 Å². The smallest absolute Gasteiger partial charge is 0.134 e. The van der Waals surface area contributed by atoms with Gasteiger partial charge in [-0.3, -0.25) is 0 Å². The fourth-order valence-electron chi connectivity index (χ4n) is 5.26. The van der Waals surface area contributed by atoms with Crippen molar-refractivity contribution < 1.29 is 0 Å².